The van der Waals surface area contributed by atoms with Gasteiger partial charge in [0, 0.05) is 67.1 Å². The van der Waals surface area contributed by atoms with Gasteiger partial charge in [0.25, 0.3) is 0 Å². The van der Waals surface area contributed by atoms with E-state index in [9.17, 15) is 4.79 Å². The molecule has 8 heteroatoms. The van der Waals surface area contributed by atoms with E-state index in [2.05, 4.69) is 183 Å². The third kappa shape index (κ3) is 6.53. The van der Waals surface area contributed by atoms with E-state index in [1.807, 2.05) is 45.2 Å². The van der Waals surface area contributed by atoms with Crippen molar-refractivity contribution < 1.29 is 4.79 Å². The maximum atomic E-state index is 13.5. The minimum atomic E-state index is -0.663. The molecule has 0 aliphatic carbocycles. The molecule has 3 aliphatic heterocycles. The van der Waals surface area contributed by atoms with Crippen molar-refractivity contribution in [1.29, 1.82) is 0 Å². The molecule has 304 valence electrons. The van der Waals surface area contributed by atoms with Crippen molar-refractivity contribution in [2.24, 2.45) is 0 Å². The van der Waals surface area contributed by atoms with Crippen LogP contribution in [0.4, 0.5) is 11.4 Å². The van der Waals surface area contributed by atoms with Gasteiger partial charge in [-0.25, -0.2) is 9.97 Å². The number of anilines is 2. The van der Waals surface area contributed by atoms with Gasteiger partial charge in [0.15, 0.2) is 0 Å². The molecule has 8 bridgehead atoms. The van der Waals surface area contributed by atoms with Crippen LogP contribution < -0.4 is 10.2 Å². The Bertz CT molecular complexity index is 3370. The average molecular weight is 882 g/mol. The fourth-order valence-corrected chi connectivity index (χ4v) is 10.3. The summed E-state index contributed by atoms with van der Waals surface area (Å²) in [7, 11) is 1.85. The van der Waals surface area contributed by atoms with E-state index in [0.717, 1.165) is 116 Å². The zero-order valence-electron chi connectivity index (χ0n) is 34.9. The fourth-order valence-electron chi connectivity index (χ4n) is 9.35. The molecule has 1 amide bonds. The fraction of sp³-hybridized carbons (Fsp3) is 0.0727. The first-order valence-electron chi connectivity index (χ1n) is 21.0. The monoisotopic (exact) mass is 880 g/mol. The third-order valence-electron chi connectivity index (χ3n) is 12.3. The minimum absolute atomic E-state index is 0.0550. The summed E-state index contributed by atoms with van der Waals surface area (Å²) in [5.41, 5.74) is 17.8. The Morgan fingerprint density at radius 1 is 0.556 bits per heavy atom. The number of nitrogens with zero attached hydrogens (tertiary/aromatic N) is 3. The lowest BCUT2D eigenvalue weighted by atomic mass is 9.86. The Kier molecular flexibility index (Phi) is 9.21. The number of likely N-dealkylation sites (N-methyl/N-ethyl adjacent to an activating group) is 1. The predicted octanol–water partition coefficient (Wildman–Crippen LogP) is 13.8. The van der Waals surface area contributed by atoms with Gasteiger partial charge in [0.1, 0.15) is 0 Å². The number of H-pyrrole nitrogens is 2. The van der Waals surface area contributed by atoms with Crippen molar-refractivity contribution in [3.8, 4) is 44.5 Å². The number of hydrogen-bond acceptors (Lipinski definition) is 4. The summed E-state index contributed by atoms with van der Waals surface area (Å²) in [6, 6.07) is 54.5. The van der Waals surface area contributed by atoms with E-state index >= 15 is 0 Å². The van der Waals surface area contributed by atoms with Crippen LogP contribution in [-0.2, 0) is 10.2 Å². The number of aromatic amines is 2. The van der Waals surface area contributed by atoms with Crippen LogP contribution in [0.1, 0.15) is 42.2 Å². The predicted molar refractivity (Wildman–Crippen MR) is 264 cm³/mol. The number of carbonyl (C=O) groups excluding carboxylic acids is 1. The highest BCUT2D eigenvalue weighted by molar-refractivity contribution is 9.10. The summed E-state index contributed by atoms with van der Waals surface area (Å²) in [4.78, 5) is 34.1. The summed E-state index contributed by atoms with van der Waals surface area (Å²) in [6.45, 7) is 3.96. The summed E-state index contributed by atoms with van der Waals surface area (Å²) in [5, 5.41) is 3.82. The molecule has 5 aromatic carbocycles. The summed E-state index contributed by atoms with van der Waals surface area (Å²) >= 11 is 3.87. The van der Waals surface area contributed by atoms with Gasteiger partial charge in [-0.2, -0.15) is 0 Å². The molecular formula is C55H41BrN6O. The van der Waals surface area contributed by atoms with Gasteiger partial charge < -0.3 is 20.2 Å². The highest BCUT2D eigenvalue weighted by atomic mass is 79.9. The van der Waals surface area contributed by atoms with E-state index in [1.165, 1.54) is 0 Å². The number of nitrogens with one attached hydrogen (secondary N) is 3. The lowest BCUT2D eigenvalue weighted by molar-refractivity contribution is -0.121. The molecule has 3 aromatic heterocycles. The second-order valence-corrected chi connectivity index (χ2v) is 17.5. The first-order chi connectivity index (χ1) is 30.7. The largest absolute Gasteiger partial charge is 0.354 e. The van der Waals surface area contributed by atoms with Gasteiger partial charge in [-0.1, -0.05) is 137 Å². The average Bonchev–Trinajstić information content (AvgIpc) is 4.16. The minimum Gasteiger partial charge on any atom is -0.354 e. The van der Waals surface area contributed by atoms with Gasteiger partial charge in [-0.15, -0.1) is 0 Å². The second-order valence-electron chi connectivity index (χ2n) is 16.6. The molecule has 0 saturated carbocycles. The summed E-state index contributed by atoms with van der Waals surface area (Å²) < 4.78 is 0.868. The quantitative estimate of drug-likeness (QED) is 0.155. The smallest absolute Gasteiger partial charge is 0.236 e. The zero-order valence-corrected chi connectivity index (χ0v) is 36.5. The molecule has 0 radical (unpaired) electrons. The third-order valence-corrected chi connectivity index (χ3v) is 12.9. The zero-order chi connectivity index (χ0) is 42.8. The van der Waals surface area contributed by atoms with Crippen LogP contribution in [0.5, 0.6) is 0 Å². The molecule has 0 saturated heterocycles. The van der Waals surface area contributed by atoms with Gasteiger partial charge in [0.2, 0.25) is 5.91 Å². The molecule has 0 spiro atoms. The van der Waals surface area contributed by atoms with E-state index in [0.29, 0.717) is 0 Å². The highest BCUT2D eigenvalue weighted by Gasteiger charge is 2.44. The van der Waals surface area contributed by atoms with Crippen molar-refractivity contribution in [3.05, 3.63) is 191 Å². The molecule has 0 atom stereocenters. The molecule has 8 aromatic rings. The van der Waals surface area contributed by atoms with Crippen LogP contribution in [0.25, 0.3) is 90.5 Å². The molecule has 7 nitrogen and oxygen atoms in total. The van der Waals surface area contributed by atoms with Crippen molar-refractivity contribution in [2.45, 2.75) is 19.3 Å². The Hall–Kier alpha value is -7.55. The van der Waals surface area contributed by atoms with Crippen LogP contribution >= 0.6 is 15.9 Å². The Balaban J connectivity index is 1.28. The maximum Gasteiger partial charge on any atom is 0.236 e. The van der Waals surface area contributed by atoms with Crippen molar-refractivity contribution in [1.82, 2.24) is 19.9 Å². The SMILES string of the molecule is CN1C(=O)C(C)(C)c2c(Br)cc(NC3=Cc4nc3c(-c3ccccc3)c3ccc([nH]3)c(-c3ccccc3)c3nc(c(-c5ccccc5)c5ccc([nH]5)c4-c4ccccc4)C=C3)cc21. The number of aromatic nitrogens is 4. The molecule has 63 heavy (non-hydrogen) atoms. The molecule has 6 heterocycles. The van der Waals surface area contributed by atoms with Crippen molar-refractivity contribution >= 4 is 79.2 Å². The van der Waals surface area contributed by atoms with Gasteiger partial charge in [-0.3, -0.25) is 4.79 Å². The number of carbonyl (C=O) groups is 1. The maximum absolute atomic E-state index is 13.5. The summed E-state index contributed by atoms with van der Waals surface area (Å²) in [5.74, 6) is 0.0550. The molecule has 11 rings (SSSR count). The van der Waals surface area contributed by atoms with Crippen molar-refractivity contribution in [2.75, 3.05) is 17.3 Å². The first kappa shape index (κ1) is 38.4. The molecule has 3 aliphatic rings. The summed E-state index contributed by atoms with van der Waals surface area (Å²) in [6.07, 6.45) is 6.40. The Morgan fingerprint density at radius 3 is 1.46 bits per heavy atom. The van der Waals surface area contributed by atoms with Crippen LogP contribution in [0.15, 0.2) is 162 Å². The van der Waals surface area contributed by atoms with Crippen molar-refractivity contribution in [3.63, 3.8) is 0 Å². The lowest BCUT2D eigenvalue weighted by Crippen LogP contribution is -2.33. The number of hydrogen-bond donors (Lipinski definition) is 3. The van der Waals surface area contributed by atoms with Gasteiger partial charge >= 0.3 is 0 Å². The van der Waals surface area contributed by atoms with Crippen LogP contribution in [0.3, 0.4) is 0 Å². The van der Waals surface area contributed by atoms with E-state index in [4.69, 9.17) is 9.97 Å². The van der Waals surface area contributed by atoms with Gasteiger partial charge in [0.05, 0.1) is 39.6 Å². The first-order valence-corrected chi connectivity index (χ1v) is 21.8. The molecule has 0 unspecified atom stereocenters. The Labute approximate surface area is 373 Å². The normalized spacial score (nSPS) is 13.9. The van der Waals surface area contributed by atoms with E-state index in [1.54, 1.807) is 4.90 Å². The van der Waals surface area contributed by atoms with Crippen LogP contribution in [0, 0.1) is 0 Å². The molecule has 0 fully saturated rings. The van der Waals surface area contributed by atoms with Gasteiger partial charge in [-0.05, 0) is 90.7 Å². The second kappa shape index (κ2) is 15.1. The highest BCUT2D eigenvalue weighted by Crippen LogP contribution is 2.48. The number of rotatable bonds is 6. The number of fused-ring (bicyclic) bond motifs is 9. The Morgan fingerprint density at radius 2 is 0.984 bits per heavy atom. The van der Waals surface area contributed by atoms with E-state index < -0.39 is 5.41 Å². The standard InChI is InChI=1S/C55H41BrN6O/c1-55(2)52-38(56)30-37(31-47(52)62(3)54(55)63)57-46-32-45-50(35-20-12-6-13-21-35)43-27-26-41(59-43)48(33-16-8-4-9-17-33)39-24-25-40(58-39)49(34-18-10-5-11-19-34)42-28-29-44(60-42)51(53(46)61-45)36-22-14-7-15-23-36/h4-32,57,59-60H,1-3H3. The van der Waals surface area contributed by atoms with Crippen LogP contribution in [0.2, 0.25) is 0 Å². The molecular weight excluding hydrogens is 841 g/mol. The lowest BCUT2D eigenvalue weighted by Gasteiger charge is -2.18. The van der Waals surface area contributed by atoms with Crippen LogP contribution in [-0.4, -0.2) is 32.9 Å². The topological polar surface area (TPSA) is 89.7 Å². The van der Waals surface area contributed by atoms with E-state index in [-0.39, 0.29) is 5.91 Å². The number of amides is 1. The number of halogens is 1. The molecule has 3 N–H and O–H groups in total. The number of benzene rings is 5.